The number of carbonyl (C=O) groups excluding carboxylic acids is 1. The highest BCUT2D eigenvalue weighted by Gasteiger charge is 2.21. The number of methoxy groups -OCH3 is 1. The first-order valence-electron chi connectivity index (χ1n) is 5.80. The molecule has 0 saturated heterocycles. The van der Waals surface area contributed by atoms with Crippen molar-refractivity contribution < 1.29 is 9.53 Å². The maximum absolute atomic E-state index is 11.7. The molecule has 2 aromatic rings. The molecule has 2 N–H and O–H groups in total. The van der Waals surface area contributed by atoms with E-state index in [4.69, 9.17) is 10.5 Å². The minimum absolute atomic E-state index is 0.166. The Kier molecular flexibility index (Phi) is 4.08. The number of esters is 1. The second-order valence-electron chi connectivity index (χ2n) is 3.89. The monoisotopic (exact) mass is 371 g/mol. The summed E-state index contributed by atoms with van der Waals surface area (Å²) in [6.07, 6.45) is 0.673. The second kappa shape index (κ2) is 5.60. The number of hydrogen-bond donors (Lipinski definition) is 1. The first-order chi connectivity index (χ1) is 9.10. The zero-order valence-electron chi connectivity index (χ0n) is 10.7. The summed E-state index contributed by atoms with van der Waals surface area (Å²) < 4.78 is 7.54. The molecule has 0 amide bonds. The molecule has 1 aromatic carbocycles. The quantitative estimate of drug-likeness (QED) is 0.665. The number of hydrogen-bond acceptors (Lipinski definition) is 4. The summed E-state index contributed by atoms with van der Waals surface area (Å²) in [5, 5.41) is 0. The minimum atomic E-state index is -0.517. The molecule has 1 heterocycles. The average molecular weight is 371 g/mol. The molecule has 0 fully saturated rings. The number of para-hydroxylation sites is 1. The molecule has 2 rings (SSSR count). The van der Waals surface area contributed by atoms with Gasteiger partial charge in [-0.25, -0.2) is 9.78 Å². The van der Waals surface area contributed by atoms with Crippen molar-refractivity contribution in [2.45, 2.75) is 13.3 Å². The molecular weight excluding hydrogens is 357 g/mol. The largest absolute Gasteiger partial charge is 0.464 e. The predicted octanol–water partition coefficient (Wildman–Crippen LogP) is 2.41. The molecule has 19 heavy (non-hydrogen) atoms. The van der Waals surface area contributed by atoms with Crippen LogP contribution in [0.25, 0.3) is 5.69 Å². The smallest absolute Gasteiger partial charge is 0.360 e. The highest BCUT2D eigenvalue weighted by Crippen LogP contribution is 2.25. The van der Waals surface area contributed by atoms with E-state index in [0.29, 0.717) is 12.2 Å². The lowest BCUT2D eigenvalue weighted by atomic mass is 10.3. The van der Waals surface area contributed by atoms with Gasteiger partial charge < -0.3 is 10.5 Å². The van der Waals surface area contributed by atoms with Gasteiger partial charge in [0.15, 0.2) is 5.69 Å². The number of halogens is 1. The van der Waals surface area contributed by atoms with Crippen molar-refractivity contribution in [3.63, 3.8) is 0 Å². The fourth-order valence-electron chi connectivity index (χ4n) is 1.87. The van der Waals surface area contributed by atoms with Crippen molar-refractivity contribution in [3.05, 3.63) is 39.4 Å². The Bertz CT molecular complexity index is 622. The topological polar surface area (TPSA) is 70.1 Å². The third-order valence-corrected chi connectivity index (χ3v) is 3.68. The fraction of sp³-hybridized carbons (Fsp3) is 0.231. The highest BCUT2D eigenvalue weighted by atomic mass is 127. The maximum atomic E-state index is 11.7. The van der Waals surface area contributed by atoms with Gasteiger partial charge in [0.2, 0.25) is 0 Å². The van der Waals surface area contributed by atoms with Crippen LogP contribution in [0, 0.1) is 3.57 Å². The number of ether oxygens (including phenoxy) is 1. The molecule has 0 radical (unpaired) electrons. The van der Waals surface area contributed by atoms with Crippen molar-refractivity contribution in [1.82, 2.24) is 9.55 Å². The molecule has 0 aliphatic carbocycles. The standard InChI is InChI=1S/C13H14IN3O2/c1-3-10-16-11(13(18)19-2)12(15)17(10)9-7-5-4-6-8(9)14/h4-7H,3,15H2,1-2H3. The van der Waals surface area contributed by atoms with Gasteiger partial charge in [-0.05, 0) is 34.7 Å². The van der Waals surface area contributed by atoms with Gasteiger partial charge in [0.25, 0.3) is 0 Å². The van der Waals surface area contributed by atoms with Gasteiger partial charge in [-0.1, -0.05) is 19.1 Å². The maximum Gasteiger partial charge on any atom is 0.360 e. The van der Waals surface area contributed by atoms with Crippen molar-refractivity contribution >= 4 is 34.4 Å². The number of anilines is 1. The van der Waals surface area contributed by atoms with Gasteiger partial charge in [0.1, 0.15) is 11.6 Å². The summed E-state index contributed by atoms with van der Waals surface area (Å²) in [5.41, 5.74) is 7.14. The van der Waals surface area contributed by atoms with Gasteiger partial charge in [-0.3, -0.25) is 4.57 Å². The van der Waals surface area contributed by atoms with E-state index in [0.717, 1.165) is 15.1 Å². The van der Waals surface area contributed by atoms with E-state index in [1.807, 2.05) is 31.2 Å². The number of aromatic nitrogens is 2. The number of benzene rings is 1. The predicted molar refractivity (Wildman–Crippen MR) is 81.4 cm³/mol. The van der Waals surface area contributed by atoms with E-state index in [9.17, 15) is 4.79 Å². The number of nitrogen functional groups attached to an aromatic ring is 1. The van der Waals surface area contributed by atoms with Gasteiger partial charge in [0.05, 0.1) is 12.8 Å². The minimum Gasteiger partial charge on any atom is -0.464 e. The van der Waals surface area contributed by atoms with E-state index in [1.54, 1.807) is 4.57 Å². The molecule has 0 aliphatic heterocycles. The Balaban J connectivity index is 2.66. The zero-order chi connectivity index (χ0) is 14.0. The van der Waals surface area contributed by atoms with Gasteiger partial charge >= 0.3 is 5.97 Å². The fourth-order valence-corrected chi connectivity index (χ4v) is 2.50. The van der Waals surface area contributed by atoms with Gasteiger partial charge in [-0.15, -0.1) is 0 Å². The summed E-state index contributed by atoms with van der Waals surface area (Å²) in [5.74, 6) is 0.534. The second-order valence-corrected chi connectivity index (χ2v) is 5.06. The van der Waals surface area contributed by atoms with Crippen molar-refractivity contribution in [3.8, 4) is 5.69 Å². The average Bonchev–Trinajstić information content (AvgIpc) is 2.75. The Morgan fingerprint density at radius 1 is 1.47 bits per heavy atom. The van der Waals surface area contributed by atoms with Crippen LogP contribution >= 0.6 is 22.6 Å². The van der Waals surface area contributed by atoms with Crippen LogP contribution in [0.1, 0.15) is 23.2 Å². The summed E-state index contributed by atoms with van der Waals surface area (Å²) in [6.45, 7) is 1.97. The number of carbonyl (C=O) groups is 1. The van der Waals surface area contributed by atoms with Crippen LogP contribution in [0.5, 0.6) is 0 Å². The normalized spacial score (nSPS) is 10.5. The Labute approximate surface area is 124 Å². The molecule has 0 atom stereocenters. The lowest BCUT2D eigenvalue weighted by molar-refractivity contribution is 0.0596. The number of nitrogens with zero attached hydrogens (tertiary/aromatic N) is 2. The van der Waals surface area contributed by atoms with Crippen molar-refractivity contribution in [1.29, 1.82) is 0 Å². The number of nitrogens with two attached hydrogens (primary N) is 1. The first kappa shape index (κ1) is 13.9. The molecule has 0 unspecified atom stereocenters. The summed E-state index contributed by atoms with van der Waals surface area (Å²) >= 11 is 2.23. The SMILES string of the molecule is CCc1nc(C(=O)OC)c(N)n1-c1ccccc1I. The summed E-state index contributed by atoms with van der Waals surface area (Å²) in [7, 11) is 1.32. The van der Waals surface area contributed by atoms with E-state index in [2.05, 4.69) is 27.6 Å². The summed E-state index contributed by atoms with van der Waals surface area (Å²) in [4.78, 5) is 15.9. The van der Waals surface area contributed by atoms with Crippen LogP contribution < -0.4 is 5.73 Å². The molecule has 0 spiro atoms. The lowest BCUT2D eigenvalue weighted by Crippen LogP contribution is -2.08. The molecule has 0 aliphatic rings. The van der Waals surface area contributed by atoms with Crippen LogP contribution in [0.2, 0.25) is 0 Å². The van der Waals surface area contributed by atoms with Crippen LogP contribution in [0.3, 0.4) is 0 Å². The third-order valence-electron chi connectivity index (χ3n) is 2.77. The Morgan fingerprint density at radius 2 is 2.16 bits per heavy atom. The summed E-state index contributed by atoms with van der Waals surface area (Å²) in [6, 6.07) is 7.80. The van der Waals surface area contributed by atoms with Gasteiger partial charge in [0, 0.05) is 9.99 Å². The van der Waals surface area contributed by atoms with E-state index in [-0.39, 0.29) is 5.69 Å². The zero-order valence-corrected chi connectivity index (χ0v) is 12.8. The van der Waals surface area contributed by atoms with E-state index < -0.39 is 5.97 Å². The van der Waals surface area contributed by atoms with Crippen LogP contribution in [0.15, 0.2) is 24.3 Å². The third kappa shape index (κ3) is 2.44. The molecule has 0 saturated carbocycles. The Hall–Kier alpha value is -1.57. The molecule has 1 aromatic heterocycles. The Morgan fingerprint density at radius 3 is 2.74 bits per heavy atom. The van der Waals surface area contributed by atoms with E-state index in [1.165, 1.54) is 7.11 Å². The molecular formula is C13H14IN3O2. The highest BCUT2D eigenvalue weighted by molar-refractivity contribution is 14.1. The van der Waals surface area contributed by atoms with Crippen molar-refractivity contribution in [2.24, 2.45) is 0 Å². The number of rotatable bonds is 3. The number of aryl methyl sites for hydroxylation is 1. The van der Waals surface area contributed by atoms with Crippen LogP contribution in [-0.4, -0.2) is 22.6 Å². The van der Waals surface area contributed by atoms with Crippen LogP contribution in [-0.2, 0) is 11.2 Å². The molecule has 100 valence electrons. The molecule has 6 heteroatoms. The lowest BCUT2D eigenvalue weighted by Gasteiger charge is -2.10. The van der Waals surface area contributed by atoms with Crippen molar-refractivity contribution in [2.75, 3.05) is 12.8 Å². The van der Waals surface area contributed by atoms with E-state index >= 15 is 0 Å². The molecule has 5 nitrogen and oxygen atoms in total. The first-order valence-corrected chi connectivity index (χ1v) is 6.88. The number of imidazole rings is 1. The van der Waals surface area contributed by atoms with Gasteiger partial charge in [-0.2, -0.15) is 0 Å². The van der Waals surface area contributed by atoms with Crippen LogP contribution in [0.4, 0.5) is 5.82 Å². The molecule has 0 bridgehead atoms.